The molecule has 0 aliphatic heterocycles. The van der Waals surface area contributed by atoms with Gasteiger partial charge in [0.05, 0.1) is 16.6 Å². The third kappa shape index (κ3) is 2.05. The van der Waals surface area contributed by atoms with E-state index in [1.165, 1.54) is 0 Å². The maximum absolute atomic E-state index is 12.2. The Balaban J connectivity index is 2.20. The normalized spacial score (nSPS) is 16.7. The average Bonchev–Trinajstić information content (AvgIpc) is 2.86. The van der Waals surface area contributed by atoms with Crippen LogP contribution in [0.15, 0.2) is 24.3 Å². The summed E-state index contributed by atoms with van der Waals surface area (Å²) in [6.07, 6.45) is 2.65. The van der Waals surface area contributed by atoms with Gasteiger partial charge >= 0.3 is 0 Å². The number of rotatable bonds is 1. The van der Waals surface area contributed by atoms with Crippen LogP contribution in [0.25, 0.3) is 16.7 Å². The third-order valence-corrected chi connectivity index (χ3v) is 5.25. The second-order valence-electron chi connectivity index (χ2n) is 7.09. The van der Waals surface area contributed by atoms with E-state index in [0.29, 0.717) is 16.4 Å². The second kappa shape index (κ2) is 4.71. The standard InChI is InChI=1S/C18H18ClN3O/c1-18(2)8-7-10-11(9-18)15(19)22-13-6-4-3-5-12(13)21-17(22)14(10)16(20)23/h3-6H,7-9H2,1-2H3,(H2,20,23). The molecule has 0 saturated carbocycles. The van der Waals surface area contributed by atoms with E-state index in [9.17, 15) is 4.79 Å². The molecule has 23 heavy (non-hydrogen) atoms. The van der Waals surface area contributed by atoms with Gasteiger partial charge in [-0.1, -0.05) is 37.6 Å². The zero-order chi connectivity index (χ0) is 16.4. The molecule has 1 amide bonds. The highest BCUT2D eigenvalue weighted by Gasteiger charge is 2.32. The van der Waals surface area contributed by atoms with Crippen molar-refractivity contribution in [1.82, 2.24) is 9.38 Å². The first-order chi connectivity index (χ1) is 10.9. The summed E-state index contributed by atoms with van der Waals surface area (Å²) in [4.78, 5) is 16.8. The van der Waals surface area contributed by atoms with E-state index in [4.69, 9.17) is 17.3 Å². The summed E-state index contributed by atoms with van der Waals surface area (Å²) in [5, 5.41) is 0.654. The number of benzene rings is 1. The zero-order valence-electron chi connectivity index (χ0n) is 13.2. The largest absolute Gasteiger partial charge is 0.365 e. The smallest absolute Gasteiger partial charge is 0.252 e. The maximum Gasteiger partial charge on any atom is 0.252 e. The molecule has 5 heteroatoms. The number of primary amides is 1. The van der Waals surface area contributed by atoms with Crippen LogP contribution in [-0.2, 0) is 12.8 Å². The van der Waals surface area contributed by atoms with E-state index < -0.39 is 5.91 Å². The van der Waals surface area contributed by atoms with Crippen LogP contribution in [-0.4, -0.2) is 15.3 Å². The lowest BCUT2D eigenvalue weighted by Gasteiger charge is -2.33. The maximum atomic E-state index is 12.2. The lowest BCUT2D eigenvalue weighted by Crippen LogP contribution is -2.27. The van der Waals surface area contributed by atoms with Crippen LogP contribution < -0.4 is 5.73 Å². The Labute approximate surface area is 139 Å². The lowest BCUT2D eigenvalue weighted by atomic mass is 9.74. The van der Waals surface area contributed by atoms with Crippen molar-refractivity contribution in [1.29, 1.82) is 0 Å². The number of pyridine rings is 1. The molecule has 1 aliphatic rings. The Morgan fingerprint density at radius 1 is 1.30 bits per heavy atom. The Bertz CT molecular complexity index is 971. The van der Waals surface area contributed by atoms with Crippen molar-refractivity contribution < 1.29 is 4.79 Å². The molecule has 0 saturated heterocycles. The van der Waals surface area contributed by atoms with Gasteiger partial charge in [-0.25, -0.2) is 4.98 Å². The molecular weight excluding hydrogens is 310 g/mol. The Morgan fingerprint density at radius 2 is 2.04 bits per heavy atom. The van der Waals surface area contributed by atoms with Gasteiger partial charge in [0, 0.05) is 0 Å². The molecule has 0 unspecified atom stereocenters. The van der Waals surface area contributed by atoms with Crippen LogP contribution in [0.2, 0.25) is 5.15 Å². The molecule has 0 fully saturated rings. The first kappa shape index (κ1) is 14.5. The van der Waals surface area contributed by atoms with Gasteiger partial charge in [0.2, 0.25) is 0 Å². The Hall–Kier alpha value is -2.07. The highest BCUT2D eigenvalue weighted by atomic mass is 35.5. The summed E-state index contributed by atoms with van der Waals surface area (Å²) in [7, 11) is 0. The van der Waals surface area contributed by atoms with E-state index in [-0.39, 0.29) is 5.41 Å². The van der Waals surface area contributed by atoms with Crippen molar-refractivity contribution in [3.05, 3.63) is 46.1 Å². The van der Waals surface area contributed by atoms with E-state index in [1.807, 2.05) is 28.7 Å². The number of hydrogen-bond acceptors (Lipinski definition) is 2. The van der Waals surface area contributed by atoms with Crippen molar-refractivity contribution in [3.8, 4) is 0 Å². The monoisotopic (exact) mass is 327 g/mol. The van der Waals surface area contributed by atoms with Crippen LogP contribution in [0.4, 0.5) is 0 Å². The van der Waals surface area contributed by atoms with Gasteiger partial charge in [0.25, 0.3) is 5.91 Å². The number of amides is 1. The first-order valence-corrected chi connectivity index (χ1v) is 8.17. The summed E-state index contributed by atoms with van der Waals surface area (Å²) < 4.78 is 1.87. The first-order valence-electron chi connectivity index (χ1n) is 7.79. The van der Waals surface area contributed by atoms with Crippen LogP contribution >= 0.6 is 11.6 Å². The van der Waals surface area contributed by atoms with Gasteiger partial charge in [0.1, 0.15) is 5.15 Å². The minimum absolute atomic E-state index is 0.162. The average molecular weight is 328 g/mol. The molecule has 3 aromatic rings. The zero-order valence-corrected chi connectivity index (χ0v) is 13.9. The van der Waals surface area contributed by atoms with E-state index in [0.717, 1.165) is 41.4 Å². The fraction of sp³-hybridized carbons (Fsp3) is 0.333. The molecule has 0 radical (unpaired) electrons. The second-order valence-corrected chi connectivity index (χ2v) is 7.45. The lowest BCUT2D eigenvalue weighted by molar-refractivity contribution is 0.0999. The number of hydrogen-bond donors (Lipinski definition) is 1. The fourth-order valence-electron chi connectivity index (χ4n) is 3.68. The van der Waals surface area contributed by atoms with Crippen molar-refractivity contribution in [3.63, 3.8) is 0 Å². The molecule has 4 rings (SSSR count). The number of nitrogens with zero attached hydrogens (tertiary/aromatic N) is 2. The molecule has 1 aliphatic carbocycles. The third-order valence-electron chi connectivity index (χ3n) is 4.85. The summed E-state index contributed by atoms with van der Waals surface area (Å²) in [5.74, 6) is -0.432. The van der Waals surface area contributed by atoms with Gasteiger partial charge in [-0.3, -0.25) is 9.20 Å². The predicted molar refractivity (Wildman–Crippen MR) is 92.0 cm³/mol. The number of nitrogens with two attached hydrogens (primary N) is 1. The van der Waals surface area contributed by atoms with Crippen molar-refractivity contribution in [2.45, 2.75) is 33.1 Å². The van der Waals surface area contributed by atoms with Crippen LogP contribution in [0, 0.1) is 5.41 Å². The topological polar surface area (TPSA) is 60.4 Å². The van der Waals surface area contributed by atoms with Crippen molar-refractivity contribution in [2.24, 2.45) is 11.1 Å². The molecule has 2 N–H and O–H groups in total. The van der Waals surface area contributed by atoms with Crippen LogP contribution in [0.5, 0.6) is 0 Å². The molecule has 4 nitrogen and oxygen atoms in total. The number of imidazole rings is 1. The van der Waals surface area contributed by atoms with Gasteiger partial charge in [-0.2, -0.15) is 0 Å². The molecule has 1 aromatic carbocycles. The number of carbonyl (C=O) groups excluding carboxylic acids is 1. The van der Waals surface area contributed by atoms with Gasteiger partial charge in [-0.05, 0) is 47.9 Å². The number of halogens is 1. The SMILES string of the molecule is CC1(C)CCc2c(c(Cl)n3c(nc4ccccc43)c2C(N)=O)C1. The molecule has 0 bridgehead atoms. The van der Waals surface area contributed by atoms with Gasteiger partial charge < -0.3 is 5.73 Å². The summed E-state index contributed by atoms with van der Waals surface area (Å²) in [6.45, 7) is 4.46. The summed E-state index contributed by atoms with van der Waals surface area (Å²) in [5.41, 5.74) is 10.7. The Kier molecular flexibility index (Phi) is 2.97. The highest BCUT2D eigenvalue weighted by Crippen LogP contribution is 2.41. The van der Waals surface area contributed by atoms with E-state index in [1.54, 1.807) is 0 Å². The van der Waals surface area contributed by atoms with Crippen LogP contribution in [0.1, 0.15) is 41.8 Å². The highest BCUT2D eigenvalue weighted by molar-refractivity contribution is 6.31. The van der Waals surface area contributed by atoms with Crippen LogP contribution in [0.3, 0.4) is 0 Å². The summed E-state index contributed by atoms with van der Waals surface area (Å²) in [6, 6.07) is 7.76. The Morgan fingerprint density at radius 3 is 2.78 bits per heavy atom. The van der Waals surface area contributed by atoms with Gasteiger partial charge in [-0.15, -0.1) is 0 Å². The quantitative estimate of drug-likeness (QED) is 0.692. The van der Waals surface area contributed by atoms with Crippen molar-refractivity contribution in [2.75, 3.05) is 0 Å². The molecular formula is C18H18ClN3O. The number of fused-ring (bicyclic) bond motifs is 4. The number of aromatic nitrogens is 2. The number of para-hydroxylation sites is 2. The molecule has 0 atom stereocenters. The van der Waals surface area contributed by atoms with Gasteiger partial charge in [0.15, 0.2) is 5.65 Å². The molecule has 2 aromatic heterocycles. The molecule has 2 heterocycles. The summed E-state index contributed by atoms with van der Waals surface area (Å²) >= 11 is 6.75. The molecule has 118 valence electrons. The fourth-order valence-corrected chi connectivity index (χ4v) is 4.03. The predicted octanol–water partition coefficient (Wildman–Crippen LogP) is 3.75. The van der Waals surface area contributed by atoms with E-state index >= 15 is 0 Å². The van der Waals surface area contributed by atoms with E-state index in [2.05, 4.69) is 18.8 Å². The number of carbonyl (C=O) groups is 1. The minimum Gasteiger partial charge on any atom is -0.365 e. The molecule has 0 spiro atoms. The minimum atomic E-state index is -0.432. The van der Waals surface area contributed by atoms with Crippen molar-refractivity contribution >= 4 is 34.2 Å².